The van der Waals surface area contributed by atoms with E-state index in [1.165, 1.54) is 6.42 Å². The minimum Gasteiger partial charge on any atom is -0.313 e. The van der Waals surface area contributed by atoms with E-state index in [9.17, 15) is 8.42 Å². The van der Waals surface area contributed by atoms with Crippen LogP contribution in [0.3, 0.4) is 0 Å². The zero-order valence-electron chi connectivity index (χ0n) is 10.6. The molecule has 0 aromatic rings. The van der Waals surface area contributed by atoms with E-state index in [-0.39, 0.29) is 11.3 Å². The third-order valence-corrected chi connectivity index (χ3v) is 5.99. The number of hydrogen-bond acceptors (Lipinski definition) is 3. The van der Waals surface area contributed by atoms with Gasteiger partial charge in [0.2, 0.25) is 10.0 Å². The van der Waals surface area contributed by atoms with E-state index in [2.05, 4.69) is 17.0 Å². The summed E-state index contributed by atoms with van der Waals surface area (Å²) in [5, 5.41) is 3.19. The van der Waals surface area contributed by atoms with Crippen molar-refractivity contribution in [2.45, 2.75) is 69.2 Å². The number of nitrogens with one attached hydrogen (secondary N) is 2. The van der Waals surface area contributed by atoms with Gasteiger partial charge in [0.1, 0.15) is 0 Å². The van der Waals surface area contributed by atoms with Gasteiger partial charge in [-0.15, -0.1) is 0 Å². The van der Waals surface area contributed by atoms with Crippen LogP contribution in [0.25, 0.3) is 0 Å². The molecule has 2 rings (SSSR count). The lowest BCUT2D eigenvalue weighted by Gasteiger charge is -2.30. The lowest BCUT2D eigenvalue weighted by Crippen LogP contribution is -2.50. The van der Waals surface area contributed by atoms with Gasteiger partial charge in [0, 0.05) is 18.6 Å². The molecule has 1 saturated heterocycles. The quantitative estimate of drug-likeness (QED) is 0.806. The van der Waals surface area contributed by atoms with Gasteiger partial charge in [0.05, 0.1) is 5.25 Å². The summed E-state index contributed by atoms with van der Waals surface area (Å²) < 4.78 is 27.3. The summed E-state index contributed by atoms with van der Waals surface area (Å²) in [7, 11) is -3.09. The van der Waals surface area contributed by atoms with Gasteiger partial charge in [-0.05, 0) is 32.6 Å². The van der Waals surface area contributed by atoms with E-state index in [1.807, 2.05) is 0 Å². The minimum absolute atomic E-state index is 0.0955. The van der Waals surface area contributed by atoms with Crippen LogP contribution in [0.1, 0.15) is 51.9 Å². The third kappa shape index (κ3) is 3.66. The Kier molecular flexibility index (Phi) is 4.44. The first-order valence-electron chi connectivity index (χ1n) is 6.82. The molecule has 1 saturated carbocycles. The molecule has 0 amide bonds. The number of piperidine rings is 1. The summed E-state index contributed by atoms with van der Waals surface area (Å²) in [6.45, 7) is 2.92. The minimum atomic E-state index is -3.09. The largest absolute Gasteiger partial charge is 0.313 e. The molecule has 1 aliphatic heterocycles. The Morgan fingerprint density at radius 2 is 1.76 bits per heavy atom. The SMILES string of the molecule is CC1CCC(NS(=O)(=O)C2CCCCC2)CN1. The van der Waals surface area contributed by atoms with Crippen molar-refractivity contribution in [2.24, 2.45) is 0 Å². The molecule has 2 atom stereocenters. The zero-order chi connectivity index (χ0) is 12.3. The summed E-state index contributed by atoms with van der Waals surface area (Å²) in [5.74, 6) is 0. The molecule has 100 valence electrons. The van der Waals surface area contributed by atoms with Gasteiger partial charge >= 0.3 is 0 Å². The molecule has 4 nitrogen and oxygen atoms in total. The molecule has 17 heavy (non-hydrogen) atoms. The van der Waals surface area contributed by atoms with E-state index in [1.54, 1.807) is 0 Å². The van der Waals surface area contributed by atoms with Gasteiger partial charge in [-0.3, -0.25) is 0 Å². The molecule has 0 radical (unpaired) electrons. The molecule has 0 aromatic carbocycles. The molecule has 0 bridgehead atoms. The first kappa shape index (κ1) is 13.3. The Morgan fingerprint density at radius 1 is 1.06 bits per heavy atom. The van der Waals surface area contributed by atoms with Gasteiger partial charge in [-0.25, -0.2) is 13.1 Å². The Hall–Kier alpha value is -0.130. The maximum atomic E-state index is 12.2. The van der Waals surface area contributed by atoms with Gasteiger partial charge in [-0.1, -0.05) is 19.3 Å². The normalized spacial score (nSPS) is 32.5. The first-order chi connectivity index (χ1) is 8.08. The maximum Gasteiger partial charge on any atom is 0.214 e. The van der Waals surface area contributed by atoms with Crippen LogP contribution in [-0.4, -0.2) is 32.3 Å². The lowest BCUT2D eigenvalue weighted by atomic mass is 10.0. The summed E-state index contributed by atoms with van der Waals surface area (Å²) in [6, 6.07) is 0.614. The maximum absolute atomic E-state index is 12.2. The van der Waals surface area contributed by atoms with Gasteiger partial charge in [-0.2, -0.15) is 0 Å². The van der Waals surface area contributed by atoms with Crippen molar-refractivity contribution >= 4 is 10.0 Å². The first-order valence-corrected chi connectivity index (χ1v) is 8.37. The van der Waals surface area contributed by atoms with Crippen LogP contribution >= 0.6 is 0 Å². The Balaban J connectivity index is 1.88. The molecule has 2 N–H and O–H groups in total. The molecule has 0 spiro atoms. The van der Waals surface area contributed by atoms with Gasteiger partial charge < -0.3 is 5.32 Å². The monoisotopic (exact) mass is 260 g/mol. The van der Waals surface area contributed by atoms with Gasteiger partial charge in [0.25, 0.3) is 0 Å². The van der Waals surface area contributed by atoms with E-state index in [0.29, 0.717) is 6.04 Å². The van der Waals surface area contributed by atoms with Crippen molar-refractivity contribution in [3.8, 4) is 0 Å². The predicted octanol–water partition coefficient (Wildman–Crippen LogP) is 1.38. The summed E-state index contributed by atoms with van der Waals surface area (Å²) in [6.07, 6.45) is 7.00. The molecular weight excluding hydrogens is 236 g/mol. The number of hydrogen-bond donors (Lipinski definition) is 2. The summed E-state index contributed by atoms with van der Waals surface area (Å²) in [4.78, 5) is 0. The fourth-order valence-electron chi connectivity index (χ4n) is 2.80. The molecule has 2 aliphatic rings. The van der Waals surface area contributed by atoms with Crippen LogP contribution in [0.4, 0.5) is 0 Å². The highest BCUT2D eigenvalue weighted by atomic mass is 32.2. The van der Waals surface area contributed by atoms with Crippen LogP contribution in [-0.2, 0) is 10.0 Å². The highest BCUT2D eigenvalue weighted by molar-refractivity contribution is 7.90. The van der Waals surface area contributed by atoms with Crippen molar-refractivity contribution in [3.63, 3.8) is 0 Å². The van der Waals surface area contributed by atoms with E-state index < -0.39 is 10.0 Å². The van der Waals surface area contributed by atoms with E-state index >= 15 is 0 Å². The summed E-state index contributed by atoms with van der Waals surface area (Å²) in [5.41, 5.74) is 0. The number of sulfonamides is 1. The average molecular weight is 260 g/mol. The van der Waals surface area contributed by atoms with E-state index in [4.69, 9.17) is 0 Å². The second-order valence-corrected chi connectivity index (χ2v) is 7.50. The Bertz CT molecular complexity index is 328. The van der Waals surface area contributed by atoms with Crippen molar-refractivity contribution in [3.05, 3.63) is 0 Å². The molecule has 0 aromatic heterocycles. The fourth-order valence-corrected chi connectivity index (χ4v) is 4.62. The number of rotatable bonds is 3. The summed E-state index contributed by atoms with van der Waals surface area (Å²) >= 11 is 0. The third-order valence-electron chi connectivity index (χ3n) is 3.98. The second kappa shape index (κ2) is 5.67. The highest BCUT2D eigenvalue weighted by Gasteiger charge is 2.30. The van der Waals surface area contributed by atoms with Crippen molar-refractivity contribution < 1.29 is 8.42 Å². The molecule has 2 unspecified atom stereocenters. The van der Waals surface area contributed by atoms with Crippen molar-refractivity contribution in [1.29, 1.82) is 0 Å². The Labute approximate surface area is 105 Å². The Morgan fingerprint density at radius 3 is 2.35 bits per heavy atom. The second-order valence-electron chi connectivity index (χ2n) is 5.51. The molecular formula is C12H24N2O2S. The van der Waals surface area contributed by atoms with Crippen molar-refractivity contribution in [2.75, 3.05) is 6.54 Å². The lowest BCUT2D eigenvalue weighted by molar-refractivity contribution is 0.363. The predicted molar refractivity (Wildman–Crippen MR) is 69.4 cm³/mol. The van der Waals surface area contributed by atoms with Crippen LogP contribution < -0.4 is 10.0 Å². The van der Waals surface area contributed by atoms with E-state index in [0.717, 1.165) is 45.1 Å². The van der Waals surface area contributed by atoms with Gasteiger partial charge in [0.15, 0.2) is 0 Å². The topological polar surface area (TPSA) is 58.2 Å². The fraction of sp³-hybridized carbons (Fsp3) is 1.00. The molecule has 5 heteroatoms. The standard InChI is InChI=1S/C12H24N2O2S/c1-10-7-8-11(9-13-10)14-17(15,16)12-5-3-2-4-6-12/h10-14H,2-9H2,1H3. The molecule has 1 heterocycles. The van der Waals surface area contributed by atoms with Crippen molar-refractivity contribution in [1.82, 2.24) is 10.0 Å². The van der Waals surface area contributed by atoms with Crippen LogP contribution in [0.15, 0.2) is 0 Å². The highest BCUT2D eigenvalue weighted by Crippen LogP contribution is 2.23. The molecule has 1 aliphatic carbocycles. The zero-order valence-corrected chi connectivity index (χ0v) is 11.4. The smallest absolute Gasteiger partial charge is 0.214 e. The van der Waals surface area contributed by atoms with Crippen LogP contribution in [0.2, 0.25) is 0 Å². The average Bonchev–Trinajstić information content (AvgIpc) is 2.33. The van der Waals surface area contributed by atoms with Crippen LogP contribution in [0, 0.1) is 0 Å². The molecule has 2 fully saturated rings. The van der Waals surface area contributed by atoms with Crippen LogP contribution in [0.5, 0.6) is 0 Å².